The highest BCUT2D eigenvalue weighted by Gasteiger charge is 2.15. The van der Waals surface area contributed by atoms with E-state index in [4.69, 9.17) is 9.47 Å². The first-order valence-electron chi connectivity index (χ1n) is 9.37. The number of carbonyl (C=O) groups excluding carboxylic acids is 1. The fourth-order valence-corrected chi connectivity index (χ4v) is 2.57. The Morgan fingerprint density at radius 3 is 2.41 bits per heavy atom. The predicted octanol–water partition coefficient (Wildman–Crippen LogP) is 4.83. The fourth-order valence-electron chi connectivity index (χ4n) is 2.57. The van der Waals surface area contributed by atoms with Gasteiger partial charge >= 0.3 is 6.09 Å². The Balaban J connectivity index is 1.85. The highest BCUT2D eigenvalue weighted by molar-refractivity contribution is 5.67. The number of benzene rings is 2. The molecule has 2 aromatic rings. The molecule has 1 amide bonds. The van der Waals surface area contributed by atoms with Crippen molar-refractivity contribution in [2.75, 3.05) is 19.6 Å². The van der Waals surface area contributed by atoms with Gasteiger partial charge in [0.25, 0.3) is 0 Å². The molecular weight excluding hydrogens is 340 g/mol. The van der Waals surface area contributed by atoms with E-state index >= 15 is 0 Å². The Hall–Kier alpha value is -2.53. The number of nitrogens with zero attached hydrogens (tertiary/aromatic N) is 1. The number of amides is 1. The Kier molecular flexibility index (Phi) is 7.67. The number of carbonyl (C=O) groups is 1. The van der Waals surface area contributed by atoms with Crippen LogP contribution in [0, 0.1) is 0 Å². The summed E-state index contributed by atoms with van der Waals surface area (Å²) in [6.45, 7) is 10.7. The number of ether oxygens (including phenoxy) is 2. The topological polar surface area (TPSA) is 50.8 Å². The van der Waals surface area contributed by atoms with E-state index in [1.165, 1.54) is 5.56 Å². The van der Waals surface area contributed by atoms with E-state index in [1.807, 2.05) is 63.2 Å². The van der Waals surface area contributed by atoms with Gasteiger partial charge in [0.15, 0.2) is 0 Å². The van der Waals surface area contributed by atoms with Crippen LogP contribution < -0.4 is 10.1 Å². The van der Waals surface area contributed by atoms with Gasteiger partial charge in [0.1, 0.15) is 17.1 Å². The molecule has 0 saturated carbocycles. The van der Waals surface area contributed by atoms with Crippen LogP contribution in [0.1, 0.15) is 33.3 Å². The zero-order valence-corrected chi connectivity index (χ0v) is 16.7. The quantitative estimate of drug-likeness (QED) is 0.723. The third-order valence-electron chi connectivity index (χ3n) is 3.83. The summed E-state index contributed by atoms with van der Waals surface area (Å²) in [5, 5.41) is 2.81. The molecule has 0 fully saturated rings. The summed E-state index contributed by atoms with van der Waals surface area (Å²) in [4.78, 5) is 14.0. The van der Waals surface area contributed by atoms with Crippen molar-refractivity contribution in [1.82, 2.24) is 10.2 Å². The summed E-state index contributed by atoms with van der Waals surface area (Å²) in [6.07, 6.45) is -0.378. The van der Waals surface area contributed by atoms with Crippen LogP contribution in [-0.4, -0.2) is 36.2 Å². The number of likely N-dealkylation sites (N-methyl/N-ethyl adjacent to an activating group) is 1. The Bertz CT molecular complexity index is 711. The van der Waals surface area contributed by atoms with Crippen molar-refractivity contribution in [2.24, 2.45) is 0 Å². The van der Waals surface area contributed by atoms with Crippen molar-refractivity contribution in [2.45, 2.75) is 39.8 Å². The molecule has 5 heteroatoms. The average Bonchev–Trinajstić information content (AvgIpc) is 2.60. The highest BCUT2D eigenvalue weighted by atomic mass is 16.6. The zero-order valence-electron chi connectivity index (χ0n) is 16.7. The van der Waals surface area contributed by atoms with E-state index in [0.717, 1.165) is 31.1 Å². The molecule has 0 aliphatic heterocycles. The van der Waals surface area contributed by atoms with Gasteiger partial charge in [-0.3, -0.25) is 4.90 Å². The smallest absolute Gasteiger partial charge is 0.407 e. The lowest BCUT2D eigenvalue weighted by atomic mass is 10.2. The van der Waals surface area contributed by atoms with Crippen LogP contribution in [0.2, 0.25) is 0 Å². The standard InChI is InChI=1S/C22H30N2O3/c1-5-24(15-14-23-21(25)27-22(2,3)4)17-18-10-9-13-20(16-18)26-19-11-7-6-8-12-19/h6-13,16H,5,14-15,17H2,1-4H3,(H,23,25). The monoisotopic (exact) mass is 370 g/mol. The molecule has 0 heterocycles. The van der Waals surface area contributed by atoms with Gasteiger partial charge in [0.2, 0.25) is 0 Å². The first-order valence-corrected chi connectivity index (χ1v) is 9.37. The van der Waals surface area contributed by atoms with Crippen LogP contribution in [0.5, 0.6) is 11.5 Å². The molecule has 5 nitrogen and oxygen atoms in total. The minimum absolute atomic E-state index is 0.378. The minimum Gasteiger partial charge on any atom is -0.457 e. The molecule has 0 radical (unpaired) electrons. The lowest BCUT2D eigenvalue weighted by Gasteiger charge is -2.23. The lowest BCUT2D eigenvalue weighted by molar-refractivity contribution is 0.0522. The second-order valence-electron chi connectivity index (χ2n) is 7.36. The summed E-state index contributed by atoms with van der Waals surface area (Å²) >= 11 is 0. The van der Waals surface area contributed by atoms with E-state index in [2.05, 4.69) is 29.3 Å². The summed E-state index contributed by atoms with van der Waals surface area (Å²) < 4.78 is 11.2. The van der Waals surface area contributed by atoms with Gasteiger partial charge in [0, 0.05) is 19.6 Å². The third kappa shape index (κ3) is 8.13. The van der Waals surface area contributed by atoms with Gasteiger partial charge in [-0.2, -0.15) is 0 Å². The van der Waals surface area contributed by atoms with Gasteiger partial charge < -0.3 is 14.8 Å². The molecule has 0 unspecified atom stereocenters. The van der Waals surface area contributed by atoms with E-state index in [-0.39, 0.29) is 6.09 Å². The minimum atomic E-state index is -0.478. The second kappa shape index (κ2) is 9.97. The molecule has 2 rings (SSSR count). The van der Waals surface area contributed by atoms with Crippen molar-refractivity contribution >= 4 is 6.09 Å². The van der Waals surface area contributed by atoms with Gasteiger partial charge in [-0.05, 0) is 57.1 Å². The Morgan fingerprint density at radius 1 is 1.04 bits per heavy atom. The molecule has 1 N–H and O–H groups in total. The summed E-state index contributed by atoms with van der Waals surface area (Å²) in [7, 11) is 0. The molecule has 0 aromatic heterocycles. The van der Waals surface area contributed by atoms with Crippen LogP contribution in [0.3, 0.4) is 0 Å². The molecule has 2 aromatic carbocycles. The maximum absolute atomic E-state index is 11.7. The molecule has 0 atom stereocenters. The molecule has 0 aliphatic rings. The van der Waals surface area contributed by atoms with E-state index in [9.17, 15) is 4.79 Å². The highest BCUT2D eigenvalue weighted by Crippen LogP contribution is 2.22. The predicted molar refractivity (Wildman–Crippen MR) is 108 cm³/mol. The number of rotatable bonds is 8. The van der Waals surface area contributed by atoms with Crippen molar-refractivity contribution in [3.8, 4) is 11.5 Å². The molecule has 0 bridgehead atoms. The Morgan fingerprint density at radius 2 is 1.74 bits per heavy atom. The molecule has 0 aliphatic carbocycles. The van der Waals surface area contributed by atoms with E-state index in [1.54, 1.807) is 0 Å². The third-order valence-corrected chi connectivity index (χ3v) is 3.83. The van der Waals surface area contributed by atoms with Crippen molar-refractivity contribution < 1.29 is 14.3 Å². The largest absolute Gasteiger partial charge is 0.457 e. The number of hydrogen-bond acceptors (Lipinski definition) is 4. The van der Waals surface area contributed by atoms with Gasteiger partial charge in [-0.25, -0.2) is 4.79 Å². The summed E-state index contributed by atoms with van der Waals surface area (Å²) in [5.74, 6) is 1.64. The first-order chi connectivity index (χ1) is 12.9. The first kappa shape index (κ1) is 20.8. The van der Waals surface area contributed by atoms with Crippen LogP contribution in [-0.2, 0) is 11.3 Å². The second-order valence-corrected chi connectivity index (χ2v) is 7.36. The van der Waals surface area contributed by atoms with E-state index in [0.29, 0.717) is 6.54 Å². The van der Waals surface area contributed by atoms with Gasteiger partial charge in [-0.1, -0.05) is 37.3 Å². The van der Waals surface area contributed by atoms with Gasteiger partial charge in [-0.15, -0.1) is 0 Å². The Labute approximate surface area is 162 Å². The molecule has 146 valence electrons. The number of para-hydroxylation sites is 1. The lowest BCUT2D eigenvalue weighted by Crippen LogP contribution is -2.37. The fraction of sp³-hybridized carbons (Fsp3) is 0.409. The normalized spacial score (nSPS) is 11.3. The van der Waals surface area contributed by atoms with E-state index < -0.39 is 5.60 Å². The van der Waals surface area contributed by atoms with Crippen molar-refractivity contribution in [3.05, 3.63) is 60.2 Å². The maximum Gasteiger partial charge on any atom is 0.407 e. The number of hydrogen-bond donors (Lipinski definition) is 1. The molecule has 0 spiro atoms. The number of nitrogens with one attached hydrogen (secondary N) is 1. The molecule has 0 saturated heterocycles. The van der Waals surface area contributed by atoms with Crippen LogP contribution >= 0.6 is 0 Å². The van der Waals surface area contributed by atoms with Crippen LogP contribution in [0.4, 0.5) is 4.79 Å². The van der Waals surface area contributed by atoms with Gasteiger partial charge in [0.05, 0.1) is 0 Å². The average molecular weight is 370 g/mol. The molecule has 27 heavy (non-hydrogen) atoms. The van der Waals surface area contributed by atoms with Crippen molar-refractivity contribution in [1.29, 1.82) is 0 Å². The summed E-state index contributed by atoms with van der Waals surface area (Å²) in [5.41, 5.74) is 0.691. The number of alkyl carbamates (subject to hydrolysis) is 1. The SMILES string of the molecule is CCN(CCNC(=O)OC(C)(C)C)Cc1cccc(Oc2ccccc2)c1. The summed E-state index contributed by atoms with van der Waals surface area (Å²) in [6, 6.07) is 17.8. The molecular formula is C22H30N2O3. The van der Waals surface area contributed by atoms with Crippen LogP contribution in [0.25, 0.3) is 0 Å². The zero-order chi connectivity index (χ0) is 19.7. The van der Waals surface area contributed by atoms with Crippen molar-refractivity contribution in [3.63, 3.8) is 0 Å². The maximum atomic E-state index is 11.7. The van der Waals surface area contributed by atoms with Crippen LogP contribution in [0.15, 0.2) is 54.6 Å².